The predicted octanol–water partition coefficient (Wildman–Crippen LogP) is 0.509. The molecule has 1 rings (SSSR count). The van der Waals surface area contributed by atoms with Crippen molar-refractivity contribution in [2.75, 3.05) is 40.0 Å². The van der Waals surface area contributed by atoms with E-state index in [4.69, 9.17) is 5.73 Å². The average molecular weight is 253 g/mol. The summed E-state index contributed by atoms with van der Waals surface area (Å²) in [5, 5.41) is 4.18. The van der Waals surface area contributed by atoms with Crippen LogP contribution >= 0.6 is 0 Å². The summed E-state index contributed by atoms with van der Waals surface area (Å²) in [4.78, 5) is 15.9. The van der Waals surface area contributed by atoms with Crippen molar-refractivity contribution in [1.29, 1.82) is 0 Å². The maximum atomic E-state index is 12.1. The molecule has 0 atom stereocenters. The van der Waals surface area contributed by atoms with Gasteiger partial charge in [0.2, 0.25) is 0 Å². The lowest BCUT2D eigenvalue weighted by atomic mass is 10.3. The minimum absolute atomic E-state index is 0.113. The van der Waals surface area contributed by atoms with Crippen molar-refractivity contribution >= 4 is 11.6 Å². The zero-order chi connectivity index (χ0) is 13.7. The van der Waals surface area contributed by atoms with Gasteiger partial charge in [0.1, 0.15) is 0 Å². The zero-order valence-electron chi connectivity index (χ0n) is 11.7. The number of amides is 1. The third-order valence-electron chi connectivity index (χ3n) is 2.76. The quantitative estimate of drug-likeness (QED) is 0.802. The number of nitrogens with two attached hydrogens (primary N) is 1. The van der Waals surface area contributed by atoms with Gasteiger partial charge in [0.25, 0.3) is 5.91 Å². The Morgan fingerprint density at radius 3 is 2.56 bits per heavy atom. The molecule has 1 amide bonds. The minimum Gasteiger partial charge on any atom is -0.396 e. The van der Waals surface area contributed by atoms with Crippen LogP contribution in [0.4, 0.5) is 5.69 Å². The summed E-state index contributed by atoms with van der Waals surface area (Å²) in [5.41, 5.74) is 6.59. The van der Waals surface area contributed by atoms with E-state index in [1.54, 1.807) is 22.8 Å². The Kier molecular flexibility index (Phi) is 5.15. The van der Waals surface area contributed by atoms with Gasteiger partial charge in [-0.2, -0.15) is 5.10 Å². The Labute approximate surface area is 108 Å². The maximum Gasteiger partial charge on any atom is 0.276 e. The monoisotopic (exact) mass is 253 g/mol. The van der Waals surface area contributed by atoms with Gasteiger partial charge >= 0.3 is 0 Å². The Morgan fingerprint density at radius 2 is 2.06 bits per heavy atom. The van der Waals surface area contributed by atoms with Crippen LogP contribution in [0.15, 0.2) is 6.20 Å². The molecule has 6 nitrogen and oxygen atoms in total. The van der Waals surface area contributed by atoms with Gasteiger partial charge in [0.05, 0.1) is 5.69 Å². The molecular weight excluding hydrogens is 230 g/mol. The molecular formula is C12H23N5O. The molecule has 0 bridgehead atoms. The lowest BCUT2D eigenvalue weighted by Gasteiger charge is -2.17. The van der Waals surface area contributed by atoms with Crippen LogP contribution in [0.25, 0.3) is 0 Å². The van der Waals surface area contributed by atoms with Gasteiger partial charge < -0.3 is 15.5 Å². The van der Waals surface area contributed by atoms with Crippen molar-refractivity contribution in [3.05, 3.63) is 11.9 Å². The molecule has 0 unspecified atom stereocenters. The van der Waals surface area contributed by atoms with Gasteiger partial charge in [0.15, 0.2) is 5.69 Å². The van der Waals surface area contributed by atoms with E-state index in [1.807, 2.05) is 21.0 Å². The third kappa shape index (κ3) is 3.73. The number of rotatable bonds is 6. The number of anilines is 1. The Hall–Kier alpha value is -1.56. The molecule has 6 heteroatoms. The highest BCUT2D eigenvalue weighted by atomic mass is 16.2. The molecule has 1 aromatic heterocycles. The highest BCUT2D eigenvalue weighted by molar-refractivity contribution is 5.96. The fraction of sp³-hybridized carbons (Fsp3) is 0.667. The van der Waals surface area contributed by atoms with E-state index in [0.29, 0.717) is 24.5 Å². The summed E-state index contributed by atoms with van der Waals surface area (Å²) in [6, 6.07) is 0. The first-order chi connectivity index (χ1) is 8.45. The molecule has 0 radical (unpaired) electrons. The van der Waals surface area contributed by atoms with Crippen LogP contribution in [0.3, 0.4) is 0 Å². The number of aromatic nitrogens is 2. The Bertz CT molecular complexity index is 399. The zero-order valence-corrected chi connectivity index (χ0v) is 11.7. The van der Waals surface area contributed by atoms with E-state index >= 15 is 0 Å². The highest BCUT2D eigenvalue weighted by Gasteiger charge is 2.18. The molecule has 0 aliphatic rings. The lowest BCUT2D eigenvalue weighted by molar-refractivity contribution is 0.0785. The van der Waals surface area contributed by atoms with E-state index < -0.39 is 0 Å². The molecule has 0 aliphatic heterocycles. The van der Waals surface area contributed by atoms with E-state index in [2.05, 4.69) is 10.00 Å². The summed E-state index contributed by atoms with van der Waals surface area (Å²) in [7, 11) is 5.81. The van der Waals surface area contributed by atoms with Crippen molar-refractivity contribution in [2.24, 2.45) is 0 Å². The van der Waals surface area contributed by atoms with Crippen molar-refractivity contribution in [2.45, 2.75) is 19.9 Å². The van der Waals surface area contributed by atoms with Crippen LogP contribution in [0.1, 0.15) is 23.8 Å². The van der Waals surface area contributed by atoms with Crippen molar-refractivity contribution in [3.8, 4) is 0 Å². The van der Waals surface area contributed by atoms with Crippen LogP contribution in [0.5, 0.6) is 0 Å². The van der Waals surface area contributed by atoms with Gasteiger partial charge in [-0.15, -0.1) is 0 Å². The molecule has 0 spiro atoms. The van der Waals surface area contributed by atoms with Crippen LogP contribution < -0.4 is 5.73 Å². The van der Waals surface area contributed by atoms with Crippen LogP contribution in [0, 0.1) is 0 Å². The second kappa shape index (κ2) is 6.39. The first-order valence-corrected chi connectivity index (χ1v) is 6.18. The van der Waals surface area contributed by atoms with Gasteiger partial charge in [-0.25, -0.2) is 0 Å². The van der Waals surface area contributed by atoms with Gasteiger partial charge in [-0.3, -0.25) is 9.48 Å². The van der Waals surface area contributed by atoms with Crippen LogP contribution in [-0.2, 0) is 6.54 Å². The second-order valence-corrected chi connectivity index (χ2v) is 4.67. The lowest BCUT2D eigenvalue weighted by Crippen LogP contribution is -2.30. The second-order valence-electron chi connectivity index (χ2n) is 4.67. The Morgan fingerprint density at radius 1 is 1.39 bits per heavy atom. The topological polar surface area (TPSA) is 67.4 Å². The van der Waals surface area contributed by atoms with Crippen molar-refractivity contribution in [1.82, 2.24) is 19.6 Å². The first-order valence-electron chi connectivity index (χ1n) is 6.18. The van der Waals surface area contributed by atoms with E-state index in [0.717, 1.165) is 13.0 Å². The number of nitrogen functional groups attached to an aromatic ring is 1. The number of aryl methyl sites for hydroxylation is 1. The molecule has 2 N–H and O–H groups in total. The van der Waals surface area contributed by atoms with Crippen molar-refractivity contribution in [3.63, 3.8) is 0 Å². The average Bonchev–Trinajstić information content (AvgIpc) is 2.69. The van der Waals surface area contributed by atoms with Crippen LogP contribution in [0.2, 0.25) is 0 Å². The fourth-order valence-corrected chi connectivity index (χ4v) is 1.67. The molecule has 0 fully saturated rings. The van der Waals surface area contributed by atoms with Crippen molar-refractivity contribution < 1.29 is 4.79 Å². The van der Waals surface area contributed by atoms with E-state index in [-0.39, 0.29) is 5.91 Å². The molecule has 0 saturated carbocycles. The molecule has 1 aromatic rings. The van der Waals surface area contributed by atoms with Gasteiger partial charge in [-0.1, -0.05) is 0 Å². The van der Waals surface area contributed by atoms with E-state index in [9.17, 15) is 4.79 Å². The summed E-state index contributed by atoms with van der Waals surface area (Å²) < 4.78 is 1.68. The molecule has 0 saturated heterocycles. The van der Waals surface area contributed by atoms with Gasteiger partial charge in [-0.05, 0) is 34.0 Å². The van der Waals surface area contributed by atoms with Gasteiger partial charge in [0, 0.05) is 26.3 Å². The molecule has 0 aromatic carbocycles. The summed E-state index contributed by atoms with van der Waals surface area (Å²) in [6.07, 6.45) is 2.63. The standard InChI is InChI=1S/C12H23N5O/c1-5-17-9-10(13)11(14-17)12(18)16(4)8-6-7-15(2)3/h9H,5-8,13H2,1-4H3. The molecule has 102 valence electrons. The largest absolute Gasteiger partial charge is 0.396 e. The van der Waals surface area contributed by atoms with Crippen LogP contribution in [-0.4, -0.2) is 59.7 Å². The number of nitrogens with zero attached hydrogens (tertiary/aromatic N) is 4. The van der Waals surface area contributed by atoms with E-state index in [1.165, 1.54) is 0 Å². The molecule has 1 heterocycles. The Balaban J connectivity index is 2.59. The predicted molar refractivity (Wildman–Crippen MR) is 72.4 cm³/mol. The first kappa shape index (κ1) is 14.5. The summed E-state index contributed by atoms with van der Waals surface area (Å²) in [6.45, 7) is 4.33. The summed E-state index contributed by atoms with van der Waals surface area (Å²) in [5.74, 6) is -0.113. The SMILES string of the molecule is CCn1cc(N)c(C(=O)N(C)CCCN(C)C)n1. The number of carbonyl (C=O) groups excluding carboxylic acids is 1. The maximum absolute atomic E-state index is 12.1. The molecule has 18 heavy (non-hydrogen) atoms. The smallest absolute Gasteiger partial charge is 0.276 e. The molecule has 0 aliphatic carbocycles. The summed E-state index contributed by atoms with van der Waals surface area (Å²) >= 11 is 0. The number of hydrogen-bond acceptors (Lipinski definition) is 4. The normalized spacial score (nSPS) is 10.9. The number of carbonyl (C=O) groups is 1. The fourth-order valence-electron chi connectivity index (χ4n) is 1.67. The minimum atomic E-state index is -0.113. The third-order valence-corrected chi connectivity index (χ3v) is 2.76. The highest BCUT2D eigenvalue weighted by Crippen LogP contribution is 2.11. The number of hydrogen-bond donors (Lipinski definition) is 1.